The molecule has 1 aliphatic rings. The molecule has 0 aliphatic heterocycles. The minimum absolute atomic E-state index is 0.244. The summed E-state index contributed by atoms with van der Waals surface area (Å²) in [6.07, 6.45) is 5.84. The normalized spacial score (nSPS) is 16.7. The average Bonchev–Trinajstić information content (AvgIpc) is 3.15. The molecule has 128 valence electrons. The molecule has 3 aromatic rings. The Bertz CT molecular complexity index is 801. The molecule has 0 saturated heterocycles. The maximum absolute atomic E-state index is 11.2. The van der Waals surface area contributed by atoms with E-state index in [1.807, 2.05) is 0 Å². The molecule has 1 fully saturated rings. The third-order valence-corrected chi connectivity index (χ3v) is 7.89. The Morgan fingerprint density at radius 1 is 0.800 bits per heavy atom. The van der Waals surface area contributed by atoms with Gasteiger partial charge in [-0.1, -0.05) is 0 Å². The first-order valence-corrected chi connectivity index (χ1v) is 11.0. The van der Waals surface area contributed by atoms with Crippen molar-refractivity contribution in [1.29, 1.82) is 0 Å². The van der Waals surface area contributed by atoms with Crippen molar-refractivity contribution in [2.45, 2.75) is 38.2 Å². The van der Waals surface area contributed by atoms with Crippen LogP contribution < -0.4 is 0 Å². The molecule has 0 amide bonds. The molecular formula is C23H24OSe. The number of benzene rings is 2. The molecule has 25 heavy (non-hydrogen) atoms. The second kappa shape index (κ2) is 7.74. The van der Waals surface area contributed by atoms with Crippen molar-refractivity contribution in [2.75, 3.05) is 0 Å². The first-order chi connectivity index (χ1) is 12.3. The molecule has 2 aromatic carbocycles. The minimum atomic E-state index is -0.321. The van der Waals surface area contributed by atoms with Gasteiger partial charge in [-0.25, -0.2) is 0 Å². The van der Waals surface area contributed by atoms with E-state index >= 15 is 0 Å². The number of aliphatic hydroxyl groups excluding tert-OH is 1. The molecule has 0 radical (unpaired) electrons. The standard InChI is InChI=1S/C23H24OSe/c24-22(18-12-6-2-7-13-18)20-16-21(17-10-4-1-5-11-17)25-23(20)19-14-8-3-9-15-19/h1,3-5,8-11,14-16,18,22,24H,2,6-7,12-13H2. The van der Waals surface area contributed by atoms with Gasteiger partial charge in [-0.05, 0) is 0 Å². The summed E-state index contributed by atoms with van der Waals surface area (Å²) in [5.74, 6) is 0.421. The summed E-state index contributed by atoms with van der Waals surface area (Å²) in [6.45, 7) is 0. The van der Waals surface area contributed by atoms with Gasteiger partial charge in [-0.15, -0.1) is 0 Å². The van der Waals surface area contributed by atoms with Crippen LogP contribution >= 0.6 is 0 Å². The molecule has 1 aliphatic carbocycles. The monoisotopic (exact) mass is 396 g/mol. The third kappa shape index (κ3) is 3.67. The molecular weight excluding hydrogens is 371 g/mol. The van der Waals surface area contributed by atoms with Gasteiger partial charge in [0.15, 0.2) is 0 Å². The number of aliphatic hydroxyl groups is 1. The van der Waals surface area contributed by atoms with E-state index < -0.39 is 0 Å². The Morgan fingerprint density at radius 3 is 2.04 bits per heavy atom. The zero-order valence-corrected chi connectivity index (χ0v) is 16.1. The molecule has 4 rings (SSSR count). The van der Waals surface area contributed by atoms with Crippen LogP contribution in [-0.4, -0.2) is 19.6 Å². The van der Waals surface area contributed by atoms with E-state index in [4.69, 9.17) is 0 Å². The fourth-order valence-electron chi connectivity index (χ4n) is 3.89. The van der Waals surface area contributed by atoms with Crippen molar-refractivity contribution in [1.82, 2.24) is 0 Å². The van der Waals surface area contributed by atoms with E-state index in [0.29, 0.717) is 5.92 Å². The van der Waals surface area contributed by atoms with Crippen LogP contribution in [0, 0.1) is 5.92 Å². The molecule has 1 N–H and O–H groups in total. The van der Waals surface area contributed by atoms with Gasteiger partial charge in [0.1, 0.15) is 0 Å². The topological polar surface area (TPSA) is 20.2 Å². The van der Waals surface area contributed by atoms with Gasteiger partial charge in [-0.2, -0.15) is 0 Å². The summed E-state index contributed by atoms with van der Waals surface area (Å²) in [5, 5.41) is 11.2. The molecule has 1 aromatic heterocycles. The number of rotatable bonds is 4. The Labute approximate surface area is 156 Å². The predicted molar refractivity (Wildman–Crippen MR) is 106 cm³/mol. The van der Waals surface area contributed by atoms with Gasteiger partial charge in [0.25, 0.3) is 0 Å². The van der Waals surface area contributed by atoms with E-state index in [2.05, 4.69) is 66.7 Å². The van der Waals surface area contributed by atoms with E-state index in [-0.39, 0.29) is 20.6 Å². The summed E-state index contributed by atoms with van der Waals surface area (Å²) in [4.78, 5) is 0. The van der Waals surface area contributed by atoms with Crippen LogP contribution in [0.1, 0.15) is 43.8 Å². The second-order valence-corrected chi connectivity index (χ2v) is 9.18. The van der Waals surface area contributed by atoms with E-state index in [1.54, 1.807) is 0 Å². The summed E-state index contributed by atoms with van der Waals surface area (Å²) in [6, 6.07) is 23.6. The summed E-state index contributed by atoms with van der Waals surface area (Å²) in [5.41, 5.74) is 3.74. The van der Waals surface area contributed by atoms with Crippen LogP contribution in [0.2, 0.25) is 0 Å². The van der Waals surface area contributed by atoms with Crippen molar-refractivity contribution in [3.8, 4) is 20.0 Å². The van der Waals surface area contributed by atoms with Crippen LogP contribution in [0.3, 0.4) is 0 Å². The molecule has 1 nitrogen and oxygen atoms in total. The molecule has 2 heteroatoms. The number of hydrogen-bond donors (Lipinski definition) is 1. The van der Waals surface area contributed by atoms with Crippen molar-refractivity contribution in [3.05, 3.63) is 72.3 Å². The van der Waals surface area contributed by atoms with Crippen molar-refractivity contribution < 1.29 is 5.11 Å². The average molecular weight is 395 g/mol. The van der Waals surface area contributed by atoms with Crippen LogP contribution in [0.4, 0.5) is 0 Å². The van der Waals surface area contributed by atoms with Crippen LogP contribution in [0.5, 0.6) is 0 Å². The summed E-state index contributed by atoms with van der Waals surface area (Å²) < 4.78 is 2.75. The Morgan fingerprint density at radius 2 is 1.40 bits per heavy atom. The zero-order chi connectivity index (χ0) is 17.1. The fraction of sp³-hybridized carbons (Fsp3) is 0.304. The predicted octanol–water partition coefficient (Wildman–Crippen LogP) is 5.69. The maximum atomic E-state index is 11.2. The van der Waals surface area contributed by atoms with Crippen molar-refractivity contribution >= 4 is 14.5 Å². The molecule has 1 atom stereocenters. The fourth-order valence-corrected chi connectivity index (χ4v) is 6.43. The van der Waals surface area contributed by atoms with Gasteiger partial charge in [0.2, 0.25) is 0 Å². The second-order valence-electron chi connectivity index (χ2n) is 6.97. The SMILES string of the molecule is OC(c1cc(-c2ccccc2)[se]c1-c1ccccc1)C1CCCCC1. The Hall–Kier alpha value is -1.60. The Balaban J connectivity index is 1.76. The van der Waals surface area contributed by atoms with Crippen molar-refractivity contribution in [3.63, 3.8) is 0 Å². The van der Waals surface area contributed by atoms with Gasteiger partial charge >= 0.3 is 156 Å². The van der Waals surface area contributed by atoms with Crippen LogP contribution in [-0.2, 0) is 0 Å². The summed E-state index contributed by atoms with van der Waals surface area (Å²) >= 11 is 0.244. The van der Waals surface area contributed by atoms with Crippen molar-refractivity contribution in [2.24, 2.45) is 5.92 Å². The summed E-state index contributed by atoms with van der Waals surface area (Å²) in [7, 11) is 0. The number of hydrogen-bond acceptors (Lipinski definition) is 1. The molecule has 0 bridgehead atoms. The molecule has 1 saturated carbocycles. The Kier molecular flexibility index (Phi) is 5.22. The molecule has 0 spiro atoms. The van der Waals surface area contributed by atoms with E-state index in [9.17, 15) is 5.11 Å². The van der Waals surface area contributed by atoms with E-state index in [1.165, 1.54) is 44.8 Å². The van der Waals surface area contributed by atoms with Gasteiger partial charge in [0, 0.05) is 0 Å². The zero-order valence-electron chi connectivity index (χ0n) is 14.4. The third-order valence-electron chi connectivity index (χ3n) is 5.27. The first kappa shape index (κ1) is 16.8. The van der Waals surface area contributed by atoms with Gasteiger partial charge < -0.3 is 0 Å². The van der Waals surface area contributed by atoms with E-state index in [0.717, 1.165) is 12.8 Å². The van der Waals surface area contributed by atoms with Gasteiger partial charge in [0.05, 0.1) is 0 Å². The van der Waals surface area contributed by atoms with Crippen LogP contribution in [0.15, 0.2) is 66.7 Å². The first-order valence-electron chi connectivity index (χ1n) is 9.25. The van der Waals surface area contributed by atoms with Crippen LogP contribution in [0.25, 0.3) is 20.0 Å². The van der Waals surface area contributed by atoms with Gasteiger partial charge in [-0.3, -0.25) is 0 Å². The molecule has 1 unspecified atom stereocenters. The molecule has 1 heterocycles. The quantitative estimate of drug-likeness (QED) is 0.563.